The van der Waals surface area contributed by atoms with E-state index in [0.717, 1.165) is 11.0 Å². The van der Waals surface area contributed by atoms with Crippen LogP contribution in [0.2, 0.25) is 5.02 Å². The molecular weight excluding hydrogens is 441 g/mol. The molecule has 1 aromatic heterocycles. The van der Waals surface area contributed by atoms with E-state index in [-0.39, 0.29) is 23.7 Å². The summed E-state index contributed by atoms with van der Waals surface area (Å²) >= 11 is 6.17. The van der Waals surface area contributed by atoms with Crippen LogP contribution in [0.3, 0.4) is 0 Å². The van der Waals surface area contributed by atoms with Gasteiger partial charge in [-0.15, -0.1) is 0 Å². The van der Waals surface area contributed by atoms with Crippen molar-refractivity contribution in [2.75, 3.05) is 26.2 Å². The van der Waals surface area contributed by atoms with Gasteiger partial charge in [0.1, 0.15) is 12.4 Å². The molecule has 0 saturated carbocycles. The summed E-state index contributed by atoms with van der Waals surface area (Å²) in [7, 11) is 0. The molecule has 4 aromatic rings. The number of halogens is 2. The van der Waals surface area contributed by atoms with Crippen LogP contribution in [-0.2, 0) is 17.9 Å². The molecule has 0 aliphatic carbocycles. The van der Waals surface area contributed by atoms with Gasteiger partial charge in [0.05, 0.1) is 11.0 Å². The molecule has 3 aromatic carbocycles. The van der Waals surface area contributed by atoms with Crippen LogP contribution in [0.5, 0.6) is 0 Å². The third-order valence-electron chi connectivity index (χ3n) is 6.34. The van der Waals surface area contributed by atoms with E-state index >= 15 is 0 Å². The van der Waals surface area contributed by atoms with Gasteiger partial charge >= 0.3 is 0 Å². The summed E-state index contributed by atoms with van der Waals surface area (Å²) in [5, 5.41) is 1.64. The lowest BCUT2D eigenvalue weighted by molar-refractivity contribution is -0.133. The number of aromatic nitrogens is 1. The molecule has 0 atom stereocenters. The Bertz CT molecular complexity index is 1330. The van der Waals surface area contributed by atoms with Gasteiger partial charge in [0, 0.05) is 54.1 Å². The molecule has 0 bridgehead atoms. The predicted molar refractivity (Wildman–Crippen MR) is 129 cm³/mol. The standard InChI is InChI=1S/C26H23ClFN3O2/c27-21-8-5-9-22(28)20(21)16-29-12-14-30(15-13-29)25(32)17-31-23-10-3-1-6-18(23)26(33)19-7-2-4-11-24(19)31/h1-11H,12-17H2. The first kappa shape index (κ1) is 21.6. The van der Waals surface area contributed by atoms with Gasteiger partial charge in [0.25, 0.3) is 0 Å². The Hall–Kier alpha value is -3.22. The number of hydrogen-bond acceptors (Lipinski definition) is 3. The van der Waals surface area contributed by atoms with Crippen molar-refractivity contribution in [2.45, 2.75) is 13.1 Å². The second-order valence-corrected chi connectivity index (χ2v) is 8.71. The molecule has 0 spiro atoms. The highest BCUT2D eigenvalue weighted by Gasteiger charge is 2.23. The summed E-state index contributed by atoms with van der Waals surface area (Å²) in [4.78, 5) is 30.1. The molecule has 1 amide bonds. The monoisotopic (exact) mass is 463 g/mol. The van der Waals surface area contributed by atoms with Gasteiger partial charge in [-0.05, 0) is 36.4 Å². The van der Waals surface area contributed by atoms with Crippen LogP contribution < -0.4 is 5.43 Å². The highest BCUT2D eigenvalue weighted by atomic mass is 35.5. The summed E-state index contributed by atoms with van der Waals surface area (Å²) in [6.45, 7) is 2.97. The third kappa shape index (κ3) is 4.12. The molecule has 0 unspecified atom stereocenters. The number of hydrogen-bond donors (Lipinski definition) is 0. The van der Waals surface area contributed by atoms with Crippen molar-refractivity contribution in [1.29, 1.82) is 0 Å². The Morgan fingerprint density at radius 1 is 0.848 bits per heavy atom. The minimum absolute atomic E-state index is 0.00229. The lowest BCUT2D eigenvalue weighted by atomic mass is 10.1. The molecule has 1 aliphatic heterocycles. The second kappa shape index (κ2) is 8.96. The number of benzene rings is 3. The predicted octanol–water partition coefficient (Wildman–Crippen LogP) is 4.29. The van der Waals surface area contributed by atoms with Crippen LogP contribution in [0, 0.1) is 5.82 Å². The fourth-order valence-electron chi connectivity index (χ4n) is 4.54. The summed E-state index contributed by atoms with van der Waals surface area (Å²) in [6.07, 6.45) is 0. The van der Waals surface area contributed by atoms with Crippen LogP contribution in [0.4, 0.5) is 4.39 Å². The number of fused-ring (bicyclic) bond motifs is 2. The average Bonchev–Trinajstić information content (AvgIpc) is 2.84. The summed E-state index contributed by atoms with van der Waals surface area (Å²) in [5.74, 6) is -0.310. The van der Waals surface area contributed by atoms with Crippen molar-refractivity contribution < 1.29 is 9.18 Å². The van der Waals surface area contributed by atoms with Crippen LogP contribution in [0.1, 0.15) is 5.56 Å². The molecule has 33 heavy (non-hydrogen) atoms. The van der Waals surface area contributed by atoms with Crippen molar-refractivity contribution in [1.82, 2.24) is 14.4 Å². The van der Waals surface area contributed by atoms with E-state index in [1.54, 1.807) is 24.3 Å². The Labute approximate surface area is 195 Å². The largest absolute Gasteiger partial charge is 0.339 e. The van der Waals surface area contributed by atoms with E-state index in [9.17, 15) is 14.0 Å². The maximum absolute atomic E-state index is 14.1. The summed E-state index contributed by atoms with van der Waals surface area (Å²) in [5.41, 5.74) is 1.97. The van der Waals surface area contributed by atoms with Crippen molar-refractivity contribution in [2.24, 2.45) is 0 Å². The van der Waals surface area contributed by atoms with E-state index in [1.807, 2.05) is 45.9 Å². The molecule has 0 radical (unpaired) electrons. The van der Waals surface area contributed by atoms with E-state index in [0.29, 0.717) is 54.1 Å². The minimum Gasteiger partial charge on any atom is -0.339 e. The number of para-hydroxylation sites is 2. The molecule has 7 heteroatoms. The molecule has 1 fully saturated rings. The average molecular weight is 464 g/mol. The molecule has 2 heterocycles. The van der Waals surface area contributed by atoms with Crippen LogP contribution in [0.15, 0.2) is 71.5 Å². The zero-order valence-corrected chi connectivity index (χ0v) is 18.8. The Morgan fingerprint density at radius 2 is 1.45 bits per heavy atom. The molecular formula is C26H23ClFN3O2. The SMILES string of the molecule is O=C(Cn1c2ccccc2c(=O)c2ccccc21)N1CCN(Cc2c(F)cccc2Cl)CC1. The maximum Gasteiger partial charge on any atom is 0.242 e. The highest BCUT2D eigenvalue weighted by molar-refractivity contribution is 6.31. The minimum atomic E-state index is -0.307. The number of piperazine rings is 1. The fraction of sp³-hybridized carbons (Fsp3) is 0.231. The highest BCUT2D eigenvalue weighted by Crippen LogP contribution is 2.22. The molecule has 5 nitrogen and oxygen atoms in total. The number of nitrogens with zero attached hydrogens (tertiary/aromatic N) is 3. The molecule has 1 saturated heterocycles. The van der Waals surface area contributed by atoms with E-state index in [2.05, 4.69) is 4.90 Å². The van der Waals surface area contributed by atoms with Gasteiger partial charge in [-0.3, -0.25) is 14.5 Å². The van der Waals surface area contributed by atoms with Gasteiger partial charge in [-0.2, -0.15) is 0 Å². The second-order valence-electron chi connectivity index (χ2n) is 8.31. The number of rotatable bonds is 4. The normalized spacial score (nSPS) is 14.8. The van der Waals surface area contributed by atoms with E-state index in [1.165, 1.54) is 6.07 Å². The quantitative estimate of drug-likeness (QED) is 0.424. The maximum atomic E-state index is 14.1. The smallest absolute Gasteiger partial charge is 0.242 e. The van der Waals surface area contributed by atoms with E-state index in [4.69, 9.17) is 11.6 Å². The number of carbonyl (C=O) groups is 1. The van der Waals surface area contributed by atoms with Crippen molar-refractivity contribution >= 4 is 39.3 Å². The summed E-state index contributed by atoms with van der Waals surface area (Å²) < 4.78 is 16.1. The zero-order valence-electron chi connectivity index (χ0n) is 18.0. The number of amides is 1. The first-order valence-corrected chi connectivity index (χ1v) is 11.3. The molecule has 1 aliphatic rings. The number of pyridine rings is 1. The summed E-state index contributed by atoms with van der Waals surface area (Å²) in [6, 6.07) is 19.5. The van der Waals surface area contributed by atoms with Crippen molar-refractivity contribution in [3.63, 3.8) is 0 Å². The molecule has 5 rings (SSSR count). The first-order chi connectivity index (χ1) is 16.0. The Morgan fingerprint density at radius 3 is 2.06 bits per heavy atom. The third-order valence-corrected chi connectivity index (χ3v) is 6.69. The van der Waals surface area contributed by atoms with Gasteiger partial charge in [-0.1, -0.05) is 41.9 Å². The Balaban J connectivity index is 1.35. The fourth-order valence-corrected chi connectivity index (χ4v) is 4.77. The lowest BCUT2D eigenvalue weighted by Gasteiger charge is -2.35. The first-order valence-electron chi connectivity index (χ1n) is 11.0. The van der Waals surface area contributed by atoms with Crippen molar-refractivity contribution in [3.05, 3.63) is 93.4 Å². The van der Waals surface area contributed by atoms with Crippen LogP contribution >= 0.6 is 11.6 Å². The molecule has 0 N–H and O–H groups in total. The van der Waals surface area contributed by atoms with Gasteiger partial charge in [0.2, 0.25) is 5.91 Å². The van der Waals surface area contributed by atoms with Crippen LogP contribution in [-0.4, -0.2) is 46.5 Å². The topological polar surface area (TPSA) is 45.6 Å². The van der Waals surface area contributed by atoms with E-state index < -0.39 is 0 Å². The Kier molecular flexibility index (Phi) is 5.87. The van der Waals surface area contributed by atoms with Gasteiger partial charge < -0.3 is 9.47 Å². The van der Waals surface area contributed by atoms with Crippen molar-refractivity contribution in [3.8, 4) is 0 Å². The van der Waals surface area contributed by atoms with Gasteiger partial charge in [-0.25, -0.2) is 4.39 Å². The van der Waals surface area contributed by atoms with Gasteiger partial charge in [0.15, 0.2) is 5.43 Å². The van der Waals surface area contributed by atoms with Crippen LogP contribution in [0.25, 0.3) is 21.8 Å². The zero-order chi connectivity index (χ0) is 22.9. The lowest BCUT2D eigenvalue weighted by Crippen LogP contribution is -2.49. The molecule has 168 valence electrons. The number of carbonyl (C=O) groups excluding carboxylic acids is 1.